The topological polar surface area (TPSA) is 49.9 Å². The lowest BCUT2D eigenvalue weighted by atomic mass is 9.92. The summed E-state index contributed by atoms with van der Waals surface area (Å²) < 4.78 is 45.6. The third kappa shape index (κ3) is 5.33. The van der Waals surface area contributed by atoms with Gasteiger partial charge in [-0.2, -0.15) is 13.2 Å². The van der Waals surface area contributed by atoms with Crippen molar-refractivity contribution in [2.45, 2.75) is 89.6 Å². The molecule has 2 amide bonds. The molecular weight excluding hydrogens is 493 g/mol. The molecule has 2 heterocycles. The van der Waals surface area contributed by atoms with Crippen molar-refractivity contribution in [1.29, 1.82) is 0 Å². The van der Waals surface area contributed by atoms with E-state index in [-0.39, 0.29) is 24.0 Å². The Bertz CT molecular complexity index is 1170. The van der Waals surface area contributed by atoms with Gasteiger partial charge in [0.25, 0.3) is 5.91 Å². The lowest BCUT2D eigenvalue weighted by molar-refractivity contribution is -0.137. The standard InChI is InChI=1S/C30H35F3N2O3/c1-19-18-34(29(37)28-16-15-27(38-28)22-7-5-3-4-6-8-22)26-17-23(11-14-25(26)35(19)20(2)36)21-9-12-24(13-10-21)30(31,32)33/h9-14,17,19,22,27-28H,3-8,15-16,18H2,1-2H3/t19-,27?,28?/m0/s1. The second-order valence-electron chi connectivity index (χ2n) is 11.0. The molecular formula is C30H35F3N2O3. The van der Waals surface area contributed by atoms with Gasteiger partial charge in [-0.15, -0.1) is 0 Å². The number of halogens is 3. The number of fused-ring (bicyclic) bond motifs is 1. The fourth-order valence-corrected chi connectivity index (χ4v) is 6.39. The van der Waals surface area contributed by atoms with Crippen molar-refractivity contribution in [3.8, 4) is 11.1 Å². The first-order valence-electron chi connectivity index (χ1n) is 13.7. The van der Waals surface area contributed by atoms with Gasteiger partial charge < -0.3 is 14.5 Å². The molecule has 5 rings (SSSR count). The van der Waals surface area contributed by atoms with Crippen LogP contribution in [0.1, 0.15) is 70.8 Å². The first-order chi connectivity index (χ1) is 18.1. The molecule has 2 aromatic rings. The van der Waals surface area contributed by atoms with Gasteiger partial charge in [0.1, 0.15) is 6.10 Å². The number of carbonyl (C=O) groups excluding carboxylic acids is 2. The van der Waals surface area contributed by atoms with Crippen LogP contribution in [-0.2, 0) is 20.5 Å². The summed E-state index contributed by atoms with van der Waals surface area (Å²) in [7, 11) is 0. The monoisotopic (exact) mass is 528 g/mol. The van der Waals surface area contributed by atoms with E-state index in [2.05, 4.69) is 0 Å². The van der Waals surface area contributed by atoms with Crippen molar-refractivity contribution in [3.05, 3.63) is 48.0 Å². The average molecular weight is 529 g/mol. The zero-order valence-corrected chi connectivity index (χ0v) is 22.0. The van der Waals surface area contributed by atoms with E-state index >= 15 is 0 Å². The minimum Gasteiger partial charge on any atom is -0.365 e. The summed E-state index contributed by atoms with van der Waals surface area (Å²) in [5.74, 6) is 0.267. The number of ether oxygens (including phenoxy) is 1. The molecule has 0 radical (unpaired) electrons. The Labute approximate surface area is 221 Å². The van der Waals surface area contributed by atoms with Crippen LogP contribution >= 0.6 is 0 Å². The molecule has 3 atom stereocenters. The fraction of sp³-hybridized carbons (Fsp3) is 0.533. The normalized spacial score (nSPS) is 24.7. The SMILES string of the molecule is CC(=O)N1c2ccc(-c3ccc(C(F)(F)F)cc3)cc2N(C(=O)C2CCC(C3CCCCCC3)O2)C[C@@H]1C. The Morgan fingerprint density at radius 3 is 2.16 bits per heavy atom. The maximum absolute atomic E-state index is 13.9. The molecule has 1 aliphatic carbocycles. The van der Waals surface area contributed by atoms with Crippen LogP contribution in [0.25, 0.3) is 11.1 Å². The number of benzene rings is 2. The van der Waals surface area contributed by atoms with Crippen molar-refractivity contribution >= 4 is 23.2 Å². The van der Waals surface area contributed by atoms with E-state index in [9.17, 15) is 22.8 Å². The first-order valence-corrected chi connectivity index (χ1v) is 13.7. The highest BCUT2D eigenvalue weighted by atomic mass is 19.4. The number of hydrogen-bond acceptors (Lipinski definition) is 3. The second-order valence-corrected chi connectivity index (χ2v) is 11.0. The van der Waals surface area contributed by atoms with Crippen molar-refractivity contribution < 1.29 is 27.5 Å². The van der Waals surface area contributed by atoms with E-state index in [1.807, 2.05) is 6.92 Å². The van der Waals surface area contributed by atoms with Crippen LogP contribution in [0.2, 0.25) is 0 Å². The Morgan fingerprint density at radius 1 is 0.868 bits per heavy atom. The molecule has 38 heavy (non-hydrogen) atoms. The van der Waals surface area contributed by atoms with Gasteiger partial charge in [-0.1, -0.05) is 43.9 Å². The Morgan fingerprint density at radius 2 is 1.53 bits per heavy atom. The van der Waals surface area contributed by atoms with Crippen molar-refractivity contribution in [2.75, 3.05) is 16.3 Å². The zero-order valence-electron chi connectivity index (χ0n) is 22.0. The predicted molar refractivity (Wildman–Crippen MR) is 141 cm³/mol. The number of carbonyl (C=O) groups is 2. The van der Waals surface area contributed by atoms with Crippen molar-refractivity contribution in [3.63, 3.8) is 0 Å². The van der Waals surface area contributed by atoms with Gasteiger partial charge in [0.05, 0.1) is 29.1 Å². The summed E-state index contributed by atoms with van der Waals surface area (Å²) in [6.45, 7) is 3.74. The van der Waals surface area contributed by atoms with E-state index in [1.165, 1.54) is 44.7 Å². The van der Waals surface area contributed by atoms with Crippen LogP contribution in [0.15, 0.2) is 42.5 Å². The van der Waals surface area contributed by atoms with Crippen LogP contribution in [0.4, 0.5) is 24.5 Å². The summed E-state index contributed by atoms with van der Waals surface area (Å²) >= 11 is 0. The van der Waals surface area contributed by atoms with Crippen molar-refractivity contribution in [1.82, 2.24) is 0 Å². The quantitative estimate of drug-likeness (QED) is 0.404. The minimum absolute atomic E-state index is 0.107. The van der Waals surface area contributed by atoms with E-state index in [0.717, 1.165) is 31.4 Å². The van der Waals surface area contributed by atoms with Crippen LogP contribution in [-0.4, -0.2) is 36.6 Å². The molecule has 204 valence electrons. The summed E-state index contributed by atoms with van der Waals surface area (Å²) in [6.07, 6.45) is 3.99. The molecule has 8 heteroatoms. The van der Waals surface area contributed by atoms with Crippen LogP contribution in [0.3, 0.4) is 0 Å². The van der Waals surface area contributed by atoms with Gasteiger partial charge in [0.2, 0.25) is 5.91 Å². The molecule has 2 aromatic carbocycles. The van der Waals surface area contributed by atoms with Gasteiger partial charge in [0, 0.05) is 13.5 Å². The van der Waals surface area contributed by atoms with Gasteiger partial charge in [-0.05, 0) is 73.9 Å². The summed E-state index contributed by atoms with van der Waals surface area (Å²) in [6, 6.07) is 10.1. The first kappa shape index (κ1) is 26.7. The Hall–Kier alpha value is -2.87. The molecule has 1 saturated carbocycles. The van der Waals surface area contributed by atoms with Crippen LogP contribution < -0.4 is 9.80 Å². The van der Waals surface area contributed by atoms with Crippen molar-refractivity contribution in [2.24, 2.45) is 5.92 Å². The Balaban J connectivity index is 1.43. The summed E-state index contributed by atoms with van der Waals surface area (Å²) in [4.78, 5) is 29.8. The molecule has 0 N–H and O–H groups in total. The smallest absolute Gasteiger partial charge is 0.365 e. The maximum atomic E-state index is 13.9. The molecule has 0 bridgehead atoms. The minimum atomic E-state index is -4.41. The highest BCUT2D eigenvalue weighted by molar-refractivity contribution is 6.06. The van der Waals surface area contributed by atoms with Gasteiger partial charge >= 0.3 is 6.18 Å². The predicted octanol–water partition coefficient (Wildman–Crippen LogP) is 6.98. The lowest BCUT2D eigenvalue weighted by Crippen LogP contribution is -2.53. The third-order valence-electron chi connectivity index (χ3n) is 8.32. The number of alkyl halides is 3. The molecule has 0 spiro atoms. The third-order valence-corrected chi connectivity index (χ3v) is 8.32. The number of nitrogens with zero attached hydrogens (tertiary/aromatic N) is 2. The molecule has 3 aliphatic rings. The molecule has 2 aliphatic heterocycles. The lowest BCUT2D eigenvalue weighted by Gasteiger charge is -2.41. The molecule has 5 nitrogen and oxygen atoms in total. The maximum Gasteiger partial charge on any atom is 0.416 e. The van der Waals surface area contributed by atoms with Gasteiger partial charge in [-0.3, -0.25) is 9.59 Å². The molecule has 2 unspecified atom stereocenters. The average Bonchev–Trinajstić information content (AvgIpc) is 3.22. The zero-order chi connectivity index (χ0) is 27.0. The number of hydrogen-bond donors (Lipinski definition) is 0. The molecule has 2 fully saturated rings. The number of rotatable bonds is 3. The molecule has 0 aromatic heterocycles. The fourth-order valence-electron chi connectivity index (χ4n) is 6.39. The van der Waals surface area contributed by atoms with E-state index < -0.39 is 17.8 Å². The highest BCUT2D eigenvalue weighted by Gasteiger charge is 2.41. The number of anilines is 2. The Kier molecular flexibility index (Phi) is 7.54. The van der Waals surface area contributed by atoms with Crippen LogP contribution in [0, 0.1) is 5.92 Å². The number of amides is 2. The van der Waals surface area contributed by atoms with E-state index in [4.69, 9.17) is 4.74 Å². The van der Waals surface area contributed by atoms with Crippen LogP contribution in [0.5, 0.6) is 0 Å². The summed E-state index contributed by atoms with van der Waals surface area (Å²) in [5, 5.41) is 0. The second kappa shape index (κ2) is 10.7. The van der Waals surface area contributed by atoms with E-state index in [1.54, 1.807) is 28.0 Å². The summed E-state index contributed by atoms with van der Waals surface area (Å²) in [5.41, 5.74) is 1.78. The molecule has 1 saturated heterocycles. The van der Waals surface area contributed by atoms with Gasteiger partial charge in [-0.25, -0.2) is 0 Å². The van der Waals surface area contributed by atoms with Gasteiger partial charge in [0.15, 0.2) is 0 Å². The van der Waals surface area contributed by atoms with E-state index in [0.29, 0.717) is 41.4 Å². The highest BCUT2D eigenvalue weighted by Crippen LogP contribution is 2.41. The largest absolute Gasteiger partial charge is 0.416 e.